The van der Waals surface area contributed by atoms with Gasteiger partial charge in [-0.05, 0) is 126 Å². The Hall–Kier alpha value is -6.26. The van der Waals surface area contributed by atoms with Gasteiger partial charge in [0.15, 0.2) is 15.5 Å². The number of nitrogens with zero attached hydrogens (tertiary/aromatic N) is 6. The summed E-state index contributed by atoms with van der Waals surface area (Å²) in [6, 6.07) is 7.79. The Balaban J connectivity index is 1.30. The molecule has 4 atom stereocenters. The monoisotopic (exact) mass is 1440 g/mol. The number of benzene rings is 3. The Morgan fingerprint density at radius 3 is 2.08 bits per heavy atom. The van der Waals surface area contributed by atoms with E-state index in [0.717, 1.165) is 50.8 Å². The third-order valence-electron chi connectivity index (χ3n) is 15.6. The number of carbonyl (C=O) groups is 2. The van der Waals surface area contributed by atoms with E-state index in [2.05, 4.69) is 32.3 Å². The maximum Gasteiger partial charge on any atom is 0.530 e. The summed E-state index contributed by atoms with van der Waals surface area (Å²) in [5, 5.41) is 9.23. The number of halogens is 11. The minimum atomic E-state index is -5.26. The molecule has 3 heterocycles. The van der Waals surface area contributed by atoms with E-state index in [1.54, 1.807) is 34.6 Å². The van der Waals surface area contributed by atoms with Gasteiger partial charge in [0.25, 0.3) is 5.92 Å². The van der Waals surface area contributed by atoms with E-state index in [-0.39, 0.29) is 54.7 Å². The number of hydrogen-bond donors (Lipinski definition) is 1. The lowest BCUT2D eigenvalue weighted by atomic mass is 9.78. The first-order valence-electron chi connectivity index (χ1n) is 28.9. The zero-order valence-electron chi connectivity index (χ0n) is 52.9. The number of aromatic nitrogens is 5. The molecule has 35 heteroatoms. The van der Waals surface area contributed by atoms with Crippen molar-refractivity contribution in [1.29, 1.82) is 0 Å². The molecule has 3 aromatic carbocycles. The largest absolute Gasteiger partial charge is 0.755 e. The Labute approximate surface area is 547 Å². The van der Waals surface area contributed by atoms with Gasteiger partial charge in [-0.2, -0.15) is 45.3 Å². The Kier molecular flexibility index (Phi) is 21.4. The highest BCUT2D eigenvalue weighted by Crippen LogP contribution is 2.68. The van der Waals surface area contributed by atoms with Crippen LogP contribution in [-0.2, 0) is 108 Å². The topological polar surface area (TPSA) is 252 Å². The van der Waals surface area contributed by atoms with Crippen LogP contribution in [0, 0.1) is 36.3 Å². The minimum absolute atomic E-state index is 0.00539. The molecule has 0 spiro atoms. The Bertz CT molecular complexity index is 4280. The number of alkyl halides is 8. The lowest BCUT2D eigenvalue weighted by molar-refractivity contribution is -0.143. The van der Waals surface area contributed by atoms with Gasteiger partial charge >= 0.3 is 27.8 Å². The average Bonchev–Trinajstić information content (AvgIpc) is 1.52. The molecule has 1 fully saturated rings. The third-order valence-corrected chi connectivity index (χ3v) is 22.1. The number of nitrogens with one attached hydrogen (secondary N) is 1. The molecule has 8 rings (SSSR count). The summed E-state index contributed by atoms with van der Waals surface area (Å²) in [6.45, 7) is 8.69. The van der Waals surface area contributed by atoms with E-state index in [0.29, 0.717) is 16.3 Å². The molecule has 1 saturated carbocycles. The van der Waals surface area contributed by atoms with Crippen LogP contribution in [0.5, 0.6) is 5.75 Å². The van der Waals surface area contributed by atoms with Gasteiger partial charge in [-0.25, -0.2) is 26.7 Å². The highest BCUT2D eigenvalue weighted by atomic mass is 35.5. The normalized spacial score (nSPS) is 16.6. The predicted molar refractivity (Wildman–Crippen MR) is 327 cm³/mol. The summed E-state index contributed by atoms with van der Waals surface area (Å²) in [4.78, 5) is 33.9. The molecule has 0 bridgehead atoms. The zero-order valence-corrected chi connectivity index (χ0v) is 57.1. The van der Waals surface area contributed by atoms with Crippen LogP contribution in [0.1, 0.15) is 136 Å². The minimum Gasteiger partial charge on any atom is -0.755 e. The van der Waals surface area contributed by atoms with Gasteiger partial charge in [-0.15, -0.1) is 0 Å². The summed E-state index contributed by atoms with van der Waals surface area (Å²) in [7, 11) is -10.3. The van der Waals surface area contributed by atoms with Crippen LogP contribution in [0.3, 0.4) is 0 Å². The predicted octanol–water partition coefficient (Wildman–Crippen LogP) is 13.4. The smallest absolute Gasteiger partial charge is 0.530 e. The van der Waals surface area contributed by atoms with Crippen LogP contribution < -0.4 is 9.84 Å². The second-order valence-corrected chi connectivity index (χ2v) is 32.2. The van der Waals surface area contributed by atoms with Crippen molar-refractivity contribution in [3.8, 4) is 28.7 Å². The molecule has 3 aromatic heterocycles. The van der Waals surface area contributed by atoms with Gasteiger partial charge in [0, 0.05) is 71.9 Å². The number of hydrogen-bond acceptors (Lipinski definition) is 16. The van der Waals surface area contributed by atoms with E-state index in [9.17, 15) is 62.2 Å². The first kappa shape index (κ1) is 74.5. The standard InChI is InChI=1S/C60H66ClF10N7O13P2S2/c1-31(2)89-93(82,90-32(3)4)91-46-20-33(5)19-35(29-92(81,87-10)88-11)51(46)56(6,7)26-48(80)78(94(83)84)27-45-50-43(61)16-15-40(53(50)77(74-45)30-58(64,65)66)39-14-13-38(17-18-57(8,9)95(12,85)86)72-52(39)44(23-34-21-36(62)24-37(63)22-34)73-47(79)28-76-55-49(54(75-76)60(69,70)71)41-25-42(41)59(55,67)68/h13-16,19-22,24,31-32,41-42,44H,23,25-30H2,1-12H3,(H,73,79)(H,83,84)/p-1/t41-,42+,44-/m0/s1. The van der Waals surface area contributed by atoms with E-state index in [1.165, 1.54) is 45.9 Å². The molecule has 2 aliphatic carbocycles. The van der Waals surface area contributed by atoms with E-state index >= 15 is 17.6 Å². The van der Waals surface area contributed by atoms with Gasteiger partial charge in [-0.3, -0.25) is 41.1 Å². The zero-order chi connectivity index (χ0) is 70.8. The van der Waals surface area contributed by atoms with Crippen LogP contribution in [0.15, 0.2) is 54.6 Å². The summed E-state index contributed by atoms with van der Waals surface area (Å²) in [6.07, 6.45) is -13.4. The highest BCUT2D eigenvalue weighted by molar-refractivity contribution is 7.92. The second-order valence-electron chi connectivity index (χ2n) is 24.6. The van der Waals surface area contributed by atoms with E-state index in [4.69, 9.17) is 34.2 Å². The Morgan fingerprint density at radius 1 is 0.916 bits per heavy atom. The molecular weight excluding hydrogens is 1380 g/mol. The fourth-order valence-corrected chi connectivity index (χ4v) is 14.9. The van der Waals surface area contributed by atoms with Crippen molar-refractivity contribution in [2.45, 2.75) is 160 Å². The first-order chi connectivity index (χ1) is 43.7. The fourth-order valence-electron chi connectivity index (χ4n) is 11.3. The molecule has 0 saturated heterocycles. The van der Waals surface area contributed by atoms with Crippen LogP contribution in [0.2, 0.25) is 5.02 Å². The number of pyridine rings is 1. The number of phosphoric acid groups is 1. The molecule has 6 aromatic rings. The molecule has 2 amide bonds. The molecule has 1 unspecified atom stereocenters. The van der Waals surface area contributed by atoms with Crippen LogP contribution in [0.4, 0.5) is 43.9 Å². The first-order valence-corrected chi connectivity index (χ1v) is 35.4. The number of phosphoric ester groups is 1. The SMILES string of the molecule is COP(=O)(Cc1cc(C)cc(OP(=O)(OC(C)C)OC(C)C)c1C(C)(C)CC(=O)N(Cc1nn(CC(F)(F)F)c2c(-c3ccc(C#CC(C)(C)S(C)(=O)=O)nc3[C@H](Cc3cc(F)cc(F)c3)NC(=O)Cn3nc(C(F)(F)F)c4c3C(F)(F)[C@@H]3C[C@H]43)ccc(Cl)c12)S(=O)[O-])OC. The molecule has 2 aliphatic rings. The lowest BCUT2D eigenvalue weighted by Gasteiger charge is -2.34. The highest BCUT2D eigenvalue weighted by Gasteiger charge is 2.68. The number of fused-ring (bicyclic) bond motifs is 4. The van der Waals surface area contributed by atoms with E-state index in [1.807, 2.05) is 0 Å². The summed E-state index contributed by atoms with van der Waals surface area (Å²) < 4.78 is 258. The van der Waals surface area contributed by atoms with Crippen LogP contribution in [-0.4, -0.2) is 101 Å². The van der Waals surface area contributed by atoms with Crippen molar-refractivity contribution in [2.75, 3.05) is 20.5 Å². The fraction of sp³-hybridized carbons (Fsp3) is 0.483. The van der Waals surface area contributed by atoms with Crippen molar-refractivity contribution in [2.24, 2.45) is 5.92 Å². The maximum atomic E-state index is 15.8. The van der Waals surface area contributed by atoms with E-state index < -0.39 is 201 Å². The summed E-state index contributed by atoms with van der Waals surface area (Å²) in [5.41, 5.74) is -7.58. The average molecular weight is 1440 g/mol. The molecule has 0 aliphatic heterocycles. The molecule has 1 N–H and O–H groups in total. The van der Waals surface area contributed by atoms with Crippen LogP contribution in [0.25, 0.3) is 22.0 Å². The quantitative estimate of drug-likeness (QED) is 0.0242. The number of amides is 2. The number of carbonyl (C=O) groups excluding carboxylic acids is 2. The molecule has 20 nitrogen and oxygen atoms in total. The second kappa shape index (κ2) is 27.2. The van der Waals surface area contributed by atoms with Crippen molar-refractivity contribution in [1.82, 2.24) is 34.2 Å². The number of sulfone groups is 1. The lowest BCUT2D eigenvalue weighted by Crippen LogP contribution is -2.37. The summed E-state index contributed by atoms with van der Waals surface area (Å²) >= 11 is 3.27. The van der Waals surface area contributed by atoms with Gasteiger partial charge in [0.05, 0.1) is 64.2 Å². The molecule has 95 heavy (non-hydrogen) atoms. The van der Waals surface area contributed by atoms with Gasteiger partial charge in [0.1, 0.15) is 46.6 Å². The van der Waals surface area contributed by atoms with Crippen molar-refractivity contribution in [3.05, 3.63) is 128 Å². The van der Waals surface area contributed by atoms with Crippen molar-refractivity contribution >= 4 is 70.8 Å². The van der Waals surface area contributed by atoms with Gasteiger partial charge in [0.2, 0.25) is 11.8 Å². The molecule has 0 radical (unpaired) electrons. The Morgan fingerprint density at radius 2 is 1.53 bits per heavy atom. The summed E-state index contributed by atoms with van der Waals surface area (Å²) in [5.74, 6) is -6.64. The molecular formula is C60H65ClF10N7O13P2S2-. The van der Waals surface area contributed by atoms with Gasteiger partial charge in [-0.1, -0.05) is 43.5 Å². The number of rotatable bonds is 25. The van der Waals surface area contributed by atoms with Crippen molar-refractivity contribution < 1.29 is 102 Å². The van der Waals surface area contributed by atoms with Gasteiger partial charge < -0.3 is 23.4 Å². The number of aryl methyl sites for hydroxylation is 1. The van der Waals surface area contributed by atoms with Crippen molar-refractivity contribution in [3.63, 3.8) is 0 Å². The van der Waals surface area contributed by atoms with Crippen LogP contribution >= 0.6 is 27.0 Å². The maximum absolute atomic E-state index is 15.8. The molecule has 518 valence electrons. The third kappa shape index (κ3) is 16.7.